The van der Waals surface area contributed by atoms with Gasteiger partial charge in [0.1, 0.15) is 10.6 Å². The molecule has 3 aromatic rings. The van der Waals surface area contributed by atoms with Gasteiger partial charge in [-0.1, -0.05) is 35.6 Å². The van der Waals surface area contributed by atoms with Crippen LogP contribution < -0.4 is 15.4 Å². The number of para-hydroxylation sites is 2. The quantitative estimate of drug-likeness (QED) is 0.694. The van der Waals surface area contributed by atoms with E-state index in [1.807, 2.05) is 50.2 Å². The summed E-state index contributed by atoms with van der Waals surface area (Å²) in [5.41, 5.74) is 3.43. The van der Waals surface area contributed by atoms with Gasteiger partial charge in [-0.3, -0.25) is 4.79 Å². The largest absolute Gasteiger partial charge is 0.495 e. The number of nitrogens with one attached hydrogen (secondary N) is 2. The second kappa shape index (κ2) is 7.36. The molecular formula is C19H19N3O2S. The van der Waals surface area contributed by atoms with Crippen molar-refractivity contribution in [3.63, 3.8) is 0 Å². The highest BCUT2D eigenvalue weighted by molar-refractivity contribution is 7.17. The summed E-state index contributed by atoms with van der Waals surface area (Å²) in [6, 6.07) is 15.3. The van der Waals surface area contributed by atoms with E-state index in [-0.39, 0.29) is 5.91 Å². The van der Waals surface area contributed by atoms with Crippen LogP contribution in [0.1, 0.15) is 20.9 Å². The first-order valence-corrected chi connectivity index (χ1v) is 8.64. The third-order valence-electron chi connectivity index (χ3n) is 3.63. The molecule has 1 heterocycles. The first kappa shape index (κ1) is 17.0. The normalized spacial score (nSPS) is 10.4. The van der Waals surface area contributed by atoms with Crippen LogP contribution in [-0.2, 0) is 0 Å². The van der Waals surface area contributed by atoms with E-state index in [4.69, 9.17) is 4.74 Å². The smallest absolute Gasteiger partial charge is 0.267 e. The van der Waals surface area contributed by atoms with E-state index in [9.17, 15) is 4.79 Å². The zero-order chi connectivity index (χ0) is 17.8. The van der Waals surface area contributed by atoms with E-state index in [0.717, 1.165) is 11.3 Å². The topological polar surface area (TPSA) is 63.2 Å². The molecule has 0 unspecified atom stereocenters. The van der Waals surface area contributed by atoms with E-state index < -0.39 is 0 Å². The number of hydrogen-bond donors (Lipinski definition) is 2. The van der Waals surface area contributed by atoms with Gasteiger partial charge < -0.3 is 15.4 Å². The lowest BCUT2D eigenvalue weighted by Crippen LogP contribution is -2.12. The number of amides is 1. The van der Waals surface area contributed by atoms with Crippen LogP contribution in [0.15, 0.2) is 48.5 Å². The number of aromatic nitrogens is 1. The minimum Gasteiger partial charge on any atom is -0.495 e. The Morgan fingerprint density at radius 1 is 1.12 bits per heavy atom. The number of benzene rings is 2. The maximum Gasteiger partial charge on any atom is 0.267 e. The van der Waals surface area contributed by atoms with Gasteiger partial charge in [0.2, 0.25) is 0 Å². The molecule has 0 aliphatic heterocycles. The highest BCUT2D eigenvalue weighted by Gasteiger charge is 2.17. The maximum absolute atomic E-state index is 12.6. The van der Waals surface area contributed by atoms with Gasteiger partial charge in [-0.25, -0.2) is 4.98 Å². The molecule has 6 heteroatoms. The van der Waals surface area contributed by atoms with Crippen LogP contribution in [0.5, 0.6) is 5.75 Å². The molecule has 0 fully saturated rings. The number of aryl methyl sites for hydroxylation is 2. The summed E-state index contributed by atoms with van der Waals surface area (Å²) in [7, 11) is 1.58. The van der Waals surface area contributed by atoms with Crippen LogP contribution in [0.2, 0.25) is 0 Å². The van der Waals surface area contributed by atoms with E-state index >= 15 is 0 Å². The van der Waals surface area contributed by atoms with Crippen LogP contribution in [0.25, 0.3) is 0 Å². The lowest BCUT2D eigenvalue weighted by Gasteiger charge is -2.08. The van der Waals surface area contributed by atoms with Gasteiger partial charge in [-0.2, -0.15) is 0 Å². The molecule has 2 aromatic carbocycles. The van der Waals surface area contributed by atoms with Crippen molar-refractivity contribution in [3.8, 4) is 5.75 Å². The number of carbonyl (C=O) groups is 1. The van der Waals surface area contributed by atoms with E-state index in [0.29, 0.717) is 27.1 Å². The fourth-order valence-corrected chi connectivity index (χ4v) is 3.32. The van der Waals surface area contributed by atoms with Crippen molar-refractivity contribution in [1.29, 1.82) is 0 Å². The van der Waals surface area contributed by atoms with Gasteiger partial charge in [-0.05, 0) is 43.7 Å². The molecule has 1 aromatic heterocycles. The summed E-state index contributed by atoms with van der Waals surface area (Å²) in [5.74, 6) is 0.424. The fourth-order valence-electron chi connectivity index (χ4n) is 2.43. The molecule has 0 spiro atoms. The first-order chi connectivity index (χ1) is 12.1. The number of rotatable bonds is 5. The third-order valence-corrected chi connectivity index (χ3v) is 4.70. The molecule has 128 valence electrons. The van der Waals surface area contributed by atoms with E-state index in [1.165, 1.54) is 11.3 Å². The number of thiazole rings is 1. The Bertz CT molecular complexity index is 905. The lowest BCUT2D eigenvalue weighted by atomic mass is 10.2. The minimum absolute atomic E-state index is 0.197. The molecule has 2 N–H and O–H groups in total. The summed E-state index contributed by atoms with van der Waals surface area (Å²) in [5, 5.41) is 6.82. The van der Waals surface area contributed by atoms with Crippen LogP contribution in [0.3, 0.4) is 0 Å². The molecule has 1 amide bonds. The van der Waals surface area contributed by atoms with Crippen LogP contribution in [-0.4, -0.2) is 18.0 Å². The Labute approximate surface area is 150 Å². The van der Waals surface area contributed by atoms with Gasteiger partial charge in [0, 0.05) is 5.69 Å². The molecule has 5 nitrogen and oxygen atoms in total. The molecule has 0 saturated carbocycles. The number of hydrogen-bond acceptors (Lipinski definition) is 5. The summed E-state index contributed by atoms with van der Waals surface area (Å²) < 4.78 is 5.27. The lowest BCUT2D eigenvalue weighted by molar-refractivity contribution is 0.102. The molecule has 3 rings (SSSR count). The number of ether oxygens (including phenoxy) is 1. The molecule has 0 saturated heterocycles. The van der Waals surface area contributed by atoms with E-state index in [2.05, 4.69) is 15.6 Å². The number of nitrogens with zero attached hydrogens (tertiary/aromatic N) is 1. The van der Waals surface area contributed by atoms with Crippen LogP contribution in [0, 0.1) is 13.8 Å². The van der Waals surface area contributed by atoms with Crippen molar-refractivity contribution >= 4 is 33.8 Å². The monoisotopic (exact) mass is 353 g/mol. The Balaban J connectivity index is 1.78. The highest BCUT2D eigenvalue weighted by Crippen LogP contribution is 2.29. The van der Waals surface area contributed by atoms with Crippen molar-refractivity contribution in [2.75, 3.05) is 17.7 Å². The summed E-state index contributed by atoms with van der Waals surface area (Å²) in [4.78, 5) is 17.6. The number of methoxy groups -OCH3 is 1. The van der Waals surface area contributed by atoms with E-state index in [1.54, 1.807) is 19.2 Å². The zero-order valence-electron chi connectivity index (χ0n) is 14.3. The summed E-state index contributed by atoms with van der Waals surface area (Å²) in [6.45, 7) is 3.86. The van der Waals surface area contributed by atoms with Gasteiger partial charge >= 0.3 is 0 Å². The number of carbonyl (C=O) groups excluding carboxylic acids is 1. The third kappa shape index (κ3) is 3.97. The van der Waals surface area contributed by atoms with Crippen molar-refractivity contribution in [1.82, 2.24) is 4.98 Å². The molecule has 0 atom stereocenters. The molecule has 0 aliphatic carbocycles. The van der Waals surface area contributed by atoms with Crippen LogP contribution in [0.4, 0.5) is 16.5 Å². The van der Waals surface area contributed by atoms with Crippen molar-refractivity contribution < 1.29 is 9.53 Å². The summed E-state index contributed by atoms with van der Waals surface area (Å²) >= 11 is 1.33. The van der Waals surface area contributed by atoms with Gasteiger partial charge in [0.15, 0.2) is 5.13 Å². The zero-order valence-corrected chi connectivity index (χ0v) is 15.1. The highest BCUT2D eigenvalue weighted by atomic mass is 32.1. The predicted octanol–water partition coefficient (Wildman–Crippen LogP) is 4.76. The van der Waals surface area contributed by atoms with Crippen molar-refractivity contribution in [2.45, 2.75) is 13.8 Å². The van der Waals surface area contributed by atoms with Crippen molar-refractivity contribution in [2.24, 2.45) is 0 Å². The average Bonchev–Trinajstić information content (AvgIpc) is 2.95. The standard InChI is InChI=1S/C19H19N3O2S/c1-12-7-6-8-14(11-12)21-19-20-13(2)17(25-19)18(23)22-15-9-4-5-10-16(15)24-3/h4-11H,1-3H3,(H,20,21)(H,22,23). The number of anilines is 3. The second-order valence-corrected chi connectivity index (χ2v) is 6.58. The Hall–Kier alpha value is -2.86. The van der Waals surface area contributed by atoms with Gasteiger partial charge in [0.25, 0.3) is 5.91 Å². The summed E-state index contributed by atoms with van der Waals surface area (Å²) in [6.07, 6.45) is 0. The molecular weight excluding hydrogens is 334 g/mol. The Morgan fingerprint density at radius 2 is 1.92 bits per heavy atom. The van der Waals surface area contributed by atoms with Gasteiger partial charge in [-0.15, -0.1) is 0 Å². The average molecular weight is 353 g/mol. The molecule has 25 heavy (non-hydrogen) atoms. The van der Waals surface area contributed by atoms with Crippen LogP contribution >= 0.6 is 11.3 Å². The first-order valence-electron chi connectivity index (χ1n) is 7.82. The predicted molar refractivity (Wildman–Crippen MR) is 102 cm³/mol. The Morgan fingerprint density at radius 3 is 2.68 bits per heavy atom. The van der Waals surface area contributed by atoms with Gasteiger partial charge in [0.05, 0.1) is 18.5 Å². The minimum atomic E-state index is -0.197. The SMILES string of the molecule is COc1ccccc1NC(=O)c1sc(Nc2cccc(C)c2)nc1C. The molecule has 0 radical (unpaired) electrons. The Kier molecular flexibility index (Phi) is 5.00. The van der Waals surface area contributed by atoms with Crippen molar-refractivity contribution in [3.05, 3.63) is 64.7 Å². The maximum atomic E-state index is 12.6. The molecule has 0 aliphatic rings. The molecule has 0 bridgehead atoms. The fraction of sp³-hybridized carbons (Fsp3) is 0.158. The second-order valence-electron chi connectivity index (χ2n) is 5.58.